The molecule has 0 bridgehead atoms. The number of fused-ring (bicyclic) bond motifs is 10. The van der Waals surface area contributed by atoms with Crippen LogP contribution in [0.3, 0.4) is 0 Å². The minimum atomic E-state index is -0.0759. The summed E-state index contributed by atoms with van der Waals surface area (Å²) in [4.78, 5) is 10.4. The van der Waals surface area contributed by atoms with E-state index < -0.39 is 0 Å². The summed E-state index contributed by atoms with van der Waals surface area (Å²) < 4.78 is 8.57. The monoisotopic (exact) mass is 527 g/mol. The van der Waals surface area contributed by atoms with Gasteiger partial charge in [-0.1, -0.05) is 111 Å². The molecule has 0 saturated carbocycles. The van der Waals surface area contributed by atoms with Crippen LogP contribution in [0, 0.1) is 0 Å². The van der Waals surface area contributed by atoms with Crippen molar-refractivity contribution in [3.63, 3.8) is 0 Å². The van der Waals surface area contributed by atoms with E-state index in [1.807, 2.05) is 36.4 Å². The molecule has 4 nitrogen and oxygen atoms in total. The van der Waals surface area contributed by atoms with Gasteiger partial charge < -0.3 is 4.42 Å². The molecule has 0 radical (unpaired) electrons. The molecule has 9 rings (SSSR count). The molecule has 0 atom stereocenters. The van der Waals surface area contributed by atoms with E-state index in [0.29, 0.717) is 11.7 Å². The van der Waals surface area contributed by atoms with E-state index in [1.54, 1.807) is 0 Å². The van der Waals surface area contributed by atoms with Crippen LogP contribution in [-0.4, -0.2) is 14.5 Å². The van der Waals surface area contributed by atoms with Gasteiger partial charge in [0.05, 0.1) is 22.1 Å². The predicted molar refractivity (Wildman–Crippen MR) is 167 cm³/mol. The molecule has 0 N–H and O–H groups in total. The summed E-state index contributed by atoms with van der Waals surface area (Å²) in [5, 5.41) is 4.40. The molecule has 8 aromatic rings. The highest BCUT2D eigenvalue weighted by Crippen LogP contribution is 2.53. The lowest BCUT2D eigenvalue weighted by Gasteiger charge is -2.21. The molecule has 0 saturated heterocycles. The van der Waals surface area contributed by atoms with Gasteiger partial charge in [-0.15, -0.1) is 0 Å². The lowest BCUT2D eigenvalue weighted by molar-refractivity contribution is 0.651. The second kappa shape index (κ2) is 7.92. The van der Waals surface area contributed by atoms with E-state index >= 15 is 0 Å². The number of benzene rings is 5. The zero-order valence-electron chi connectivity index (χ0n) is 22.7. The number of rotatable bonds is 2. The van der Waals surface area contributed by atoms with Gasteiger partial charge in [-0.05, 0) is 40.5 Å². The summed E-state index contributed by atoms with van der Waals surface area (Å²) in [7, 11) is 0. The Kier molecular flexibility index (Phi) is 4.36. The molecule has 1 aliphatic carbocycles. The Morgan fingerprint density at radius 3 is 2.22 bits per heavy atom. The fourth-order valence-electron chi connectivity index (χ4n) is 6.98. The topological polar surface area (TPSA) is 43.9 Å². The SMILES string of the molecule is CC1(C)c2ccccc2-c2c1ccc1c2c2ccccc2n1-c1nc(-c2ccccc2)c2c(n1)oc1ccccc12. The first-order valence-electron chi connectivity index (χ1n) is 14.0. The first kappa shape index (κ1) is 22.6. The maximum absolute atomic E-state index is 6.36. The van der Waals surface area contributed by atoms with Gasteiger partial charge in [0.1, 0.15) is 5.58 Å². The molecule has 3 heterocycles. The van der Waals surface area contributed by atoms with Gasteiger partial charge in [0.15, 0.2) is 0 Å². The molecule has 1 aliphatic rings. The number of furan rings is 1. The van der Waals surface area contributed by atoms with Crippen LogP contribution in [0.25, 0.3) is 72.2 Å². The minimum Gasteiger partial charge on any atom is -0.437 e. The van der Waals surface area contributed by atoms with Crippen LogP contribution in [0.2, 0.25) is 0 Å². The Balaban J connectivity index is 1.43. The summed E-state index contributed by atoms with van der Waals surface area (Å²) in [6, 6.07) is 40.4. The van der Waals surface area contributed by atoms with E-state index in [9.17, 15) is 0 Å². The van der Waals surface area contributed by atoms with Crippen molar-refractivity contribution in [3.05, 3.63) is 126 Å². The van der Waals surface area contributed by atoms with E-state index in [0.717, 1.165) is 38.6 Å². The first-order chi connectivity index (χ1) is 20.1. The van der Waals surface area contributed by atoms with Gasteiger partial charge in [0, 0.05) is 27.1 Å². The van der Waals surface area contributed by atoms with Crippen molar-refractivity contribution >= 4 is 43.9 Å². The van der Waals surface area contributed by atoms with E-state index in [1.165, 1.54) is 33.0 Å². The standard InChI is InChI=1S/C37H25N3O/c1-37(2)26-17-9-6-14-23(26)31-27(37)20-21-29-32(31)24-15-7-10-18-28(24)40(29)36-38-34(22-12-4-3-5-13-22)33-25-16-8-11-19-30(25)41-35(33)39-36/h3-21H,1-2H3. The lowest BCUT2D eigenvalue weighted by Crippen LogP contribution is -2.14. The molecule has 0 spiro atoms. The minimum absolute atomic E-state index is 0.0759. The van der Waals surface area contributed by atoms with Crippen LogP contribution in [0.1, 0.15) is 25.0 Å². The maximum atomic E-state index is 6.36. The summed E-state index contributed by atoms with van der Waals surface area (Å²) in [6.45, 7) is 4.65. The van der Waals surface area contributed by atoms with Crippen molar-refractivity contribution in [2.24, 2.45) is 0 Å². The molecular weight excluding hydrogens is 502 g/mol. The van der Waals surface area contributed by atoms with E-state index in [-0.39, 0.29) is 5.41 Å². The molecule has 41 heavy (non-hydrogen) atoms. The van der Waals surface area contributed by atoms with Gasteiger partial charge in [-0.2, -0.15) is 4.98 Å². The van der Waals surface area contributed by atoms with E-state index in [2.05, 4.69) is 97.3 Å². The highest BCUT2D eigenvalue weighted by atomic mass is 16.3. The molecule has 0 fully saturated rings. The van der Waals surface area contributed by atoms with Crippen LogP contribution >= 0.6 is 0 Å². The Bertz CT molecular complexity index is 2340. The normalized spacial score (nSPS) is 13.8. The van der Waals surface area contributed by atoms with E-state index in [4.69, 9.17) is 14.4 Å². The van der Waals surface area contributed by atoms with Crippen LogP contribution in [-0.2, 0) is 5.41 Å². The first-order valence-corrected chi connectivity index (χ1v) is 14.0. The molecule has 0 amide bonds. The summed E-state index contributed by atoms with van der Waals surface area (Å²) in [6.07, 6.45) is 0. The van der Waals surface area contributed by atoms with Crippen molar-refractivity contribution in [3.8, 4) is 28.3 Å². The zero-order valence-corrected chi connectivity index (χ0v) is 22.7. The van der Waals surface area contributed by atoms with Gasteiger partial charge >= 0.3 is 0 Å². The zero-order chi connectivity index (χ0) is 27.3. The largest absolute Gasteiger partial charge is 0.437 e. The van der Waals surface area contributed by atoms with Gasteiger partial charge in [-0.3, -0.25) is 4.57 Å². The van der Waals surface area contributed by atoms with Crippen molar-refractivity contribution < 1.29 is 4.42 Å². The average molecular weight is 528 g/mol. The van der Waals surface area contributed by atoms with Gasteiger partial charge in [-0.25, -0.2) is 4.98 Å². The number of hydrogen-bond acceptors (Lipinski definition) is 3. The maximum Gasteiger partial charge on any atom is 0.238 e. The molecular formula is C37H25N3O. The van der Waals surface area contributed by atoms with Crippen molar-refractivity contribution in [2.45, 2.75) is 19.3 Å². The smallest absolute Gasteiger partial charge is 0.238 e. The second-order valence-electron chi connectivity index (χ2n) is 11.4. The molecule has 4 heteroatoms. The third kappa shape index (κ3) is 2.94. The number of para-hydroxylation sites is 2. The summed E-state index contributed by atoms with van der Waals surface area (Å²) in [5.41, 5.74) is 10.7. The molecule has 3 aromatic heterocycles. The molecule has 194 valence electrons. The number of hydrogen-bond donors (Lipinski definition) is 0. The van der Waals surface area contributed by atoms with Gasteiger partial charge in [0.2, 0.25) is 11.7 Å². The highest BCUT2D eigenvalue weighted by molar-refractivity contribution is 6.18. The Morgan fingerprint density at radius 1 is 0.610 bits per heavy atom. The highest BCUT2D eigenvalue weighted by Gasteiger charge is 2.37. The molecule has 0 unspecified atom stereocenters. The quantitative estimate of drug-likeness (QED) is 0.225. The van der Waals surface area contributed by atoms with Crippen LogP contribution in [0.5, 0.6) is 0 Å². The fraction of sp³-hybridized carbons (Fsp3) is 0.0811. The third-order valence-electron chi connectivity index (χ3n) is 8.86. The Hall–Kier alpha value is -5.22. The van der Waals surface area contributed by atoms with Gasteiger partial charge in [0.25, 0.3) is 0 Å². The summed E-state index contributed by atoms with van der Waals surface area (Å²) in [5.74, 6) is 0.604. The van der Waals surface area contributed by atoms with Crippen LogP contribution < -0.4 is 0 Å². The van der Waals surface area contributed by atoms with Crippen molar-refractivity contribution in [1.82, 2.24) is 14.5 Å². The molecule has 0 aliphatic heterocycles. The number of nitrogens with zero attached hydrogens (tertiary/aromatic N) is 3. The van der Waals surface area contributed by atoms with Crippen LogP contribution in [0.15, 0.2) is 120 Å². The Morgan fingerprint density at radius 2 is 1.34 bits per heavy atom. The lowest BCUT2D eigenvalue weighted by atomic mass is 9.82. The predicted octanol–water partition coefficient (Wildman–Crippen LogP) is 9.45. The Labute approximate surface area is 236 Å². The number of aromatic nitrogens is 3. The molecule has 5 aromatic carbocycles. The summed E-state index contributed by atoms with van der Waals surface area (Å²) >= 11 is 0. The van der Waals surface area contributed by atoms with Crippen molar-refractivity contribution in [2.75, 3.05) is 0 Å². The third-order valence-corrected chi connectivity index (χ3v) is 8.86. The fourth-order valence-corrected chi connectivity index (χ4v) is 6.98. The van der Waals surface area contributed by atoms with Crippen molar-refractivity contribution in [1.29, 1.82) is 0 Å². The average Bonchev–Trinajstić information content (AvgIpc) is 3.63. The second-order valence-corrected chi connectivity index (χ2v) is 11.4. The van der Waals surface area contributed by atoms with Crippen LogP contribution in [0.4, 0.5) is 0 Å².